The molecule has 4 rings (SSSR count). The smallest absolute Gasteiger partial charge is 0.143 e. The van der Waals surface area contributed by atoms with Crippen LogP contribution in [0.25, 0.3) is 0 Å². The lowest BCUT2D eigenvalue weighted by Crippen LogP contribution is -2.48. The van der Waals surface area contributed by atoms with Gasteiger partial charge in [-0.3, -0.25) is 0 Å². The number of anilines is 1. The summed E-state index contributed by atoms with van der Waals surface area (Å²) in [4.78, 5) is 0. The second kappa shape index (κ2) is 4.96. The van der Waals surface area contributed by atoms with Gasteiger partial charge in [-0.2, -0.15) is 0 Å². The van der Waals surface area contributed by atoms with Crippen LogP contribution in [0, 0.1) is 0 Å². The van der Waals surface area contributed by atoms with E-state index in [4.69, 9.17) is 9.47 Å². The van der Waals surface area contributed by atoms with Gasteiger partial charge in [0.15, 0.2) is 0 Å². The van der Waals surface area contributed by atoms with Crippen molar-refractivity contribution in [1.82, 2.24) is 0 Å². The van der Waals surface area contributed by atoms with Crippen molar-refractivity contribution in [2.24, 2.45) is 0 Å². The Balaban J connectivity index is 1.51. The van der Waals surface area contributed by atoms with Crippen LogP contribution in [0.15, 0.2) is 18.2 Å². The lowest BCUT2D eigenvalue weighted by Gasteiger charge is -2.47. The third-order valence-corrected chi connectivity index (χ3v) is 5.04. The van der Waals surface area contributed by atoms with Crippen LogP contribution in [-0.2, 0) is 11.2 Å². The number of aryl methyl sites for hydroxylation is 1. The number of ether oxygens (including phenoxy) is 2. The Hall–Kier alpha value is -1.22. The lowest BCUT2D eigenvalue weighted by molar-refractivity contribution is -0.153. The van der Waals surface area contributed by atoms with Crippen LogP contribution in [0.5, 0.6) is 5.75 Å². The Morgan fingerprint density at radius 1 is 1.25 bits per heavy atom. The highest BCUT2D eigenvalue weighted by Crippen LogP contribution is 2.44. The minimum absolute atomic E-state index is 0.158. The molecule has 3 aliphatic rings. The molecule has 0 amide bonds. The zero-order valence-corrected chi connectivity index (χ0v) is 12.0. The van der Waals surface area contributed by atoms with E-state index in [0.717, 1.165) is 38.2 Å². The first-order valence-corrected chi connectivity index (χ1v) is 8.01. The van der Waals surface area contributed by atoms with E-state index in [-0.39, 0.29) is 5.60 Å². The van der Waals surface area contributed by atoms with Crippen molar-refractivity contribution in [3.8, 4) is 5.75 Å². The van der Waals surface area contributed by atoms with E-state index in [0.29, 0.717) is 6.10 Å². The van der Waals surface area contributed by atoms with Crippen LogP contribution in [0.4, 0.5) is 5.69 Å². The Kier molecular flexibility index (Phi) is 3.10. The van der Waals surface area contributed by atoms with Gasteiger partial charge in [0.25, 0.3) is 0 Å². The number of benzene rings is 1. The van der Waals surface area contributed by atoms with Crippen molar-refractivity contribution in [3.63, 3.8) is 0 Å². The molecule has 1 unspecified atom stereocenters. The Labute approximate surface area is 120 Å². The predicted molar refractivity (Wildman–Crippen MR) is 79.4 cm³/mol. The van der Waals surface area contributed by atoms with Gasteiger partial charge in [0.05, 0.1) is 17.9 Å². The molecular formula is C17H23NO2. The van der Waals surface area contributed by atoms with Crippen LogP contribution >= 0.6 is 0 Å². The molecule has 1 aromatic carbocycles. The van der Waals surface area contributed by atoms with Gasteiger partial charge < -0.3 is 14.8 Å². The standard InChI is InChI=1S/C17H23NO2/c1-4-13-5-2-10-18-16(13)15(6-1)20-14-7-11-19-17(12-14)8-3-9-17/h1,4,6,14,18H,2-3,5,7-12H2. The Bertz CT molecular complexity index is 496. The molecule has 0 radical (unpaired) electrons. The fourth-order valence-electron chi connectivity index (χ4n) is 3.76. The normalized spacial score (nSPS) is 27.3. The van der Waals surface area contributed by atoms with Gasteiger partial charge in [-0.1, -0.05) is 12.1 Å². The second-order valence-electron chi connectivity index (χ2n) is 6.44. The van der Waals surface area contributed by atoms with Crippen molar-refractivity contribution in [2.75, 3.05) is 18.5 Å². The molecule has 1 atom stereocenters. The number of rotatable bonds is 2. The monoisotopic (exact) mass is 273 g/mol. The highest BCUT2D eigenvalue weighted by Gasteiger charge is 2.43. The summed E-state index contributed by atoms with van der Waals surface area (Å²) in [5, 5.41) is 3.51. The lowest BCUT2D eigenvalue weighted by atomic mass is 9.74. The summed E-state index contributed by atoms with van der Waals surface area (Å²) >= 11 is 0. The maximum absolute atomic E-state index is 6.34. The number of hydrogen-bond acceptors (Lipinski definition) is 3. The van der Waals surface area contributed by atoms with Gasteiger partial charge in [-0.05, 0) is 43.7 Å². The van der Waals surface area contributed by atoms with Gasteiger partial charge in [-0.25, -0.2) is 0 Å². The summed E-state index contributed by atoms with van der Waals surface area (Å²) in [5.41, 5.74) is 2.79. The van der Waals surface area contributed by atoms with E-state index < -0.39 is 0 Å². The van der Waals surface area contributed by atoms with E-state index in [1.54, 1.807) is 0 Å². The fourth-order valence-corrected chi connectivity index (χ4v) is 3.76. The van der Waals surface area contributed by atoms with Gasteiger partial charge in [-0.15, -0.1) is 0 Å². The number of hydrogen-bond donors (Lipinski definition) is 1. The summed E-state index contributed by atoms with van der Waals surface area (Å²) < 4.78 is 12.3. The van der Waals surface area contributed by atoms with E-state index in [9.17, 15) is 0 Å². The summed E-state index contributed by atoms with van der Waals surface area (Å²) in [6.45, 7) is 1.91. The molecule has 1 aromatic rings. The van der Waals surface area contributed by atoms with Gasteiger partial charge in [0.2, 0.25) is 0 Å². The van der Waals surface area contributed by atoms with Gasteiger partial charge in [0.1, 0.15) is 11.9 Å². The molecule has 1 aliphatic carbocycles. The number of para-hydroxylation sites is 1. The third-order valence-electron chi connectivity index (χ3n) is 5.04. The molecule has 3 nitrogen and oxygen atoms in total. The van der Waals surface area contributed by atoms with Crippen molar-refractivity contribution in [2.45, 2.75) is 56.7 Å². The van der Waals surface area contributed by atoms with Crippen LogP contribution in [-0.4, -0.2) is 24.9 Å². The van der Waals surface area contributed by atoms with Crippen molar-refractivity contribution >= 4 is 5.69 Å². The predicted octanol–water partition coefficient (Wildman–Crippen LogP) is 3.53. The molecular weight excluding hydrogens is 250 g/mol. The minimum atomic E-state index is 0.158. The molecule has 2 aliphatic heterocycles. The van der Waals surface area contributed by atoms with Crippen molar-refractivity contribution < 1.29 is 9.47 Å². The summed E-state index contributed by atoms with van der Waals surface area (Å²) in [6, 6.07) is 6.45. The van der Waals surface area contributed by atoms with Gasteiger partial charge >= 0.3 is 0 Å². The molecule has 0 aromatic heterocycles. The van der Waals surface area contributed by atoms with E-state index in [1.165, 1.54) is 36.9 Å². The first-order valence-electron chi connectivity index (χ1n) is 8.01. The van der Waals surface area contributed by atoms with E-state index in [2.05, 4.69) is 23.5 Å². The molecule has 108 valence electrons. The molecule has 2 fully saturated rings. The first-order chi connectivity index (χ1) is 9.85. The Morgan fingerprint density at radius 3 is 3.05 bits per heavy atom. The molecule has 2 heterocycles. The topological polar surface area (TPSA) is 30.5 Å². The SMILES string of the molecule is c1cc2c(c(OC3CCOC4(CCC4)C3)c1)NCCC2. The molecule has 1 N–H and O–H groups in total. The zero-order chi connectivity index (χ0) is 13.4. The molecule has 0 bridgehead atoms. The van der Waals surface area contributed by atoms with Crippen LogP contribution < -0.4 is 10.1 Å². The number of nitrogens with one attached hydrogen (secondary N) is 1. The van der Waals surface area contributed by atoms with E-state index in [1.807, 2.05) is 0 Å². The second-order valence-corrected chi connectivity index (χ2v) is 6.44. The maximum atomic E-state index is 6.34. The van der Waals surface area contributed by atoms with E-state index >= 15 is 0 Å². The molecule has 1 saturated carbocycles. The summed E-state index contributed by atoms with van der Waals surface area (Å²) in [5.74, 6) is 1.04. The van der Waals surface area contributed by atoms with Crippen LogP contribution in [0.2, 0.25) is 0 Å². The largest absolute Gasteiger partial charge is 0.488 e. The van der Waals surface area contributed by atoms with Crippen LogP contribution in [0.1, 0.15) is 44.1 Å². The highest BCUT2D eigenvalue weighted by molar-refractivity contribution is 5.63. The minimum Gasteiger partial charge on any atom is -0.488 e. The number of fused-ring (bicyclic) bond motifs is 1. The quantitative estimate of drug-likeness (QED) is 0.894. The molecule has 20 heavy (non-hydrogen) atoms. The Morgan fingerprint density at radius 2 is 2.20 bits per heavy atom. The first kappa shape index (κ1) is 12.5. The fraction of sp³-hybridized carbons (Fsp3) is 0.647. The average molecular weight is 273 g/mol. The maximum Gasteiger partial charge on any atom is 0.143 e. The summed E-state index contributed by atoms with van der Waals surface area (Å²) in [6.07, 6.45) is 8.54. The molecule has 1 spiro atoms. The third kappa shape index (κ3) is 2.18. The van der Waals surface area contributed by atoms with Crippen molar-refractivity contribution in [1.29, 1.82) is 0 Å². The summed E-state index contributed by atoms with van der Waals surface area (Å²) in [7, 11) is 0. The zero-order valence-electron chi connectivity index (χ0n) is 12.0. The van der Waals surface area contributed by atoms with Crippen molar-refractivity contribution in [3.05, 3.63) is 23.8 Å². The van der Waals surface area contributed by atoms with Gasteiger partial charge in [0, 0.05) is 19.4 Å². The molecule has 3 heteroatoms. The van der Waals surface area contributed by atoms with Crippen LogP contribution in [0.3, 0.4) is 0 Å². The molecule has 1 saturated heterocycles. The average Bonchev–Trinajstić information content (AvgIpc) is 2.46. The highest BCUT2D eigenvalue weighted by atomic mass is 16.5.